The van der Waals surface area contributed by atoms with Crippen molar-refractivity contribution in [3.63, 3.8) is 0 Å². The first kappa shape index (κ1) is 65.1. The van der Waals surface area contributed by atoms with Gasteiger partial charge in [0.05, 0.1) is 0 Å². The number of hydrogen-bond acceptors (Lipinski definition) is 6. The standard InChI is InChI=1S/C62H110O6/c1-4-7-10-13-16-19-22-23-24-25-26-27-28-29-30-31-32-33-34-35-36-37-38-39-41-43-46-49-52-55-61(64)67-58-59(57-66-60(63)54-51-48-45-42-21-18-15-12-9-6-3)68-62(65)56-53-50-47-44-40-20-17-14-11-8-5-2/h12,14-15,17,22-23,25-26,28-29,59H,4-11,13,16,18-21,24,27,30-58H2,1-3H3/b15-12-,17-14-,23-22-,26-25-,29-28-. The molecule has 0 fully saturated rings. The van der Waals surface area contributed by atoms with Crippen molar-refractivity contribution in [1.29, 1.82) is 0 Å². The summed E-state index contributed by atoms with van der Waals surface area (Å²) < 4.78 is 16.8. The van der Waals surface area contributed by atoms with E-state index in [2.05, 4.69) is 81.5 Å². The molecule has 0 aromatic heterocycles. The molecule has 0 aliphatic carbocycles. The van der Waals surface area contributed by atoms with Crippen molar-refractivity contribution in [2.75, 3.05) is 13.2 Å². The summed E-state index contributed by atoms with van der Waals surface area (Å²) in [6.45, 7) is 6.53. The van der Waals surface area contributed by atoms with Gasteiger partial charge < -0.3 is 14.2 Å². The maximum atomic E-state index is 12.8. The van der Waals surface area contributed by atoms with Crippen LogP contribution >= 0.6 is 0 Å². The van der Waals surface area contributed by atoms with Crippen LogP contribution in [0.15, 0.2) is 60.8 Å². The topological polar surface area (TPSA) is 78.9 Å². The number of hydrogen-bond donors (Lipinski definition) is 0. The second kappa shape index (κ2) is 56.7. The van der Waals surface area contributed by atoms with Gasteiger partial charge in [-0.05, 0) is 96.3 Å². The molecule has 0 bridgehead atoms. The largest absolute Gasteiger partial charge is 0.462 e. The normalized spacial score (nSPS) is 12.5. The minimum atomic E-state index is -0.779. The van der Waals surface area contributed by atoms with Crippen LogP contribution in [0.4, 0.5) is 0 Å². The zero-order valence-corrected chi connectivity index (χ0v) is 45.1. The van der Waals surface area contributed by atoms with E-state index >= 15 is 0 Å². The lowest BCUT2D eigenvalue weighted by molar-refractivity contribution is -0.167. The molecule has 6 nitrogen and oxygen atoms in total. The molecule has 68 heavy (non-hydrogen) atoms. The van der Waals surface area contributed by atoms with Gasteiger partial charge >= 0.3 is 17.9 Å². The summed E-state index contributed by atoms with van der Waals surface area (Å²) in [6, 6.07) is 0. The quantitative estimate of drug-likeness (QED) is 0.0262. The van der Waals surface area contributed by atoms with Gasteiger partial charge in [0.2, 0.25) is 0 Å². The number of ether oxygens (including phenoxy) is 3. The molecule has 0 rings (SSSR count). The summed E-state index contributed by atoms with van der Waals surface area (Å²) >= 11 is 0. The highest BCUT2D eigenvalue weighted by atomic mass is 16.6. The van der Waals surface area contributed by atoms with Gasteiger partial charge in [0.25, 0.3) is 0 Å². The van der Waals surface area contributed by atoms with Gasteiger partial charge in [-0.25, -0.2) is 0 Å². The maximum absolute atomic E-state index is 12.8. The van der Waals surface area contributed by atoms with Crippen molar-refractivity contribution in [2.24, 2.45) is 0 Å². The molecule has 394 valence electrons. The van der Waals surface area contributed by atoms with Crippen molar-refractivity contribution in [3.05, 3.63) is 60.8 Å². The summed E-state index contributed by atoms with van der Waals surface area (Å²) in [4.78, 5) is 38.0. The molecule has 0 aromatic carbocycles. The third-order valence-electron chi connectivity index (χ3n) is 12.7. The van der Waals surface area contributed by atoms with Crippen LogP contribution in [-0.4, -0.2) is 37.2 Å². The molecular formula is C62H110O6. The van der Waals surface area contributed by atoms with E-state index in [-0.39, 0.29) is 31.1 Å². The van der Waals surface area contributed by atoms with Crippen LogP contribution in [0.5, 0.6) is 0 Å². The minimum absolute atomic E-state index is 0.0791. The van der Waals surface area contributed by atoms with E-state index in [0.29, 0.717) is 19.3 Å². The Balaban J connectivity index is 4.10. The fourth-order valence-electron chi connectivity index (χ4n) is 8.26. The molecule has 0 spiro atoms. The van der Waals surface area contributed by atoms with E-state index in [1.54, 1.807) is 0 Å². The summed E-state index contributed by atoms with van der Waals surface area (Å²) in [5.41, 5.74) is 0. The molecule has 6 heteroatoms. The molecule has 0 saturated heterocycles. The molecule has 0 amide bonds. The van der Waals surface area contributed by atoms with Gasteiger partial charge in [-0.15, -0.1) is 0 Å². The van der Waals surface area contributed by atoms with Crippen molar-refractivity contribution in [2.45, 2.75) is 303 Å². The van der Waals surface area contributed by atoms with Crippen LogP contribution in [0.3, 0.4) is 0 Å². The van der Waals surface area contributed by atoms with Crippen LogP contribution in [0.2, 0.25) is 0 Å². The van der Waals surface area contributed by atoms with Crippen molar-refractivity contribution >= 4 is 17.9 Å². The fourth-order valence-corrected chi connectivity index (χ4v) is 8.26. The van der Waals surface area contributed by atoms with E-state index in [4.69, 9.17) is 14.2 Å². The minimum Gasteiger partial charge on any atom is -0.462 e. The summed E-state index contributed by atoms with van der Waals surface area (Å²) in [5.74, 6) is -0.894. The van der Waals surface area contributed by atoms with Crippen LogP contribution in [0.25, 0.3) is 0 Å². The molecule has 0 radical (unpaired) electrons. The molecular weight excluding hydrogens is 841 g/mol. The number of unbranched alkanes of at least 4 members (excludes halogenated alkanes) is 32. The molecule has 0 heterocycles. The lowest BCUT2D eigenvalue weighted by Crippen LogP contribution is -2.30. The predicted molar refractivity (Wildman–Crippen MR) is 293 cm³/mol. The highest BCUT2D eigenvalue weighted by molar-refractivity contribution is 5.71. The third kappa shape index (κ3) is 54.1. The smallest absolute Gasteiger partial charge is 0.306 e. The highest BCUT2D eigenvalue weighted by Gasteiger charge is 2.19. The second-order valence-corrected chi connectivity index (χ2v) is 19.5. The van der Waals surface area contributed by atoms with Gasteiger partial charge in [0, 0.05) is 19.3 Å². The van der Waals surface area contributed by atoms with Crippen molar-refractivity contribution < 1.29 is 28.6 Å². The molecule has 0 aromatic rings. The van der Waals surface area contributed by atoms with E-state index in [1.807, 2.05) is 0 Å². The Labute approximate surface area is 421 Å². The van der Waals surface area contributed by atoms with Crippen LogP contribution in [-0.2, 0) is 28.6 Å². The zero-order chi connectivity index (χ0) is 49.3. The SMILES string of the molecule is CCC/C=C\CCCCCCCC(=O)OCC(COC(=O)CCCCCCCCCCCCCCCC/C=C\C/C=C\C/C=C\CCCCCCC)OC(=O)CCCCCCC/C=C\CCCC. The van der Waals surface area contributed by atoms with Gasteiger partial charge in [0.15, 0.2) is 6.10 Å². The number of carbonyl (C=O) groups is 3. The van der Waals surface area contributed by atoms with Gasteiger partial charge in [-0.3, -0.25) is 14.4 Å². The molecule has 1 unspecified atom stereocenters. The Kier molecular flexibility index (Phi) is 54.3. The molecule has 0 aliphatic heterocycles. The second-order valence-electron chi connectivity index (χ2n) is 19.5. The summed E-state index contributed by atoms with van der Waals surface area (Å²) in [6.07, 6.45) is 71.0. The zero-order valence-electron chi connectivity index (χ0n) is 45.1. The average molecular weight is 952 g/mol. The van der Waals surface area contributed by atoms with Gasteiger partial charge in [0.1, 0.15) is 13.2 Å². The van der Waals surface area contributed by atoms with E-state index < -0.39 is 6.10 Å². The first-order valence-electron chi connectivity index (χ1n) is 29.3. The van der Waals surface area contributed by atoms with Crippen LogP contribution < -0.4 is 0 Å². The Morgan fingerprint density at radius 1 is 0.294 bits per heavy atom. The number of carbonyl (C=O) groups excluding carboxylic acids is 3. The van der Waals surface area contributed by atoms with Crippen LogP contribution in [0.1, 0.15) is 297 Å². The Hall–Kier alpha value is -2.89. The first-order valence-corrected chi connectivity index (χ1v) is 29.3. The molecule has 0 saturated carbocycles. The van der Waals surface area contributed by atoms with Gasteiger partial charge in [-0.2, -0.15) is 0 Å². The first-order chi connectivity index (χ1) is 33.5. The molecule has 0 aliphatic rings. The van der Waals surface area contributed by atoms with E-state index in [9.17, 15) is 14.4 Å². The van der Waals surface area contributed by atoms with Crippen LogP contribution in [0, 0.1) is 0 Å². The monoisotopic (exact) mass is 951 g/mol. The molecule has 0 N–H and O–H groups in total. The highest BCUT2D eigenvalue weighted by Crippen LogP contribution is 2.16. The maximum Gasteiger partial charge on any atom is 0.306 e. The van der Waals surface area contributed by atoms with E-state index in [1.165, 1.54) is 161 Å². The lowest BCUT2D eigenvalue weighted by atomic mass is 10.0. The summed E-state index contributed by atoms with van der Waals surface area (Å²) in [5, 5.41) is 0. The van der Waals surface area contributed by atoms with Gasteiger partial charge in [-0.1, -0.05) is 242 Å². The number of rotatable bonds is 53. The lowest BCUT2D eigenvalue weighted by Gasteiger charge is -2.18. The average Bonchev–Trinajstić information content (AvgIpc) is 3.34. The Morgan fingerprint density at radius 3 is 0.941 bits per heavy atom. The summed E-state index contributed by atoms with van der Waals surface area (Å²) in [7, 11) is 0. The van der Waals surface area contributed by atoms with Crippen molar-refractivity contribution in [1.82, 2.24) is 0 Å². The number of esters is 3. The fraction of sp³-hybridized carbons (Fsp3) is 0.790. The van der Waals surface area contributed by atoms with E-state index in [0.717, 1.165) is 96.3 Å². The predicted octanol–water partition coefficient (Wildman–Crippen LogP) is 19.6. The Bertz CT molecular complexity index is 1230. The Morgan fingerprint density at radius 2 is 0.574 bits per heavy atom. The third-order valence-corrected chi connectivity index (χ3v) is 12.7. The molecule has 1 atom stereocenters. The van der Waals surface area contributed by atoms with Crippen molar-refractivity contribution in [3.8, 4) is 0 Å². The number of allylic oxidation sites excluding steroid dienone is 10.